The van der Waals surface area contributed by atoms with Gasteiger partial charge in [-0.15, -0.1) is 0 Å². The average Bonchev–Trinajstić information content (AvgIpc) is 3.70. The van der Waals surface area contributed by atoms with Gasteiger partial charge in [0.25, 0.3) is 11.1 Å². The van der Waals surface area contributed by atoms with Crippen LogP contribution in [0.25, 0.3) is 32.7 Å². The van der Waals surface area contributed by atoms with Gasteiger partial charge in [-0.05, 0) is 121 Å². The number of fused-ring (bicyclic) bond motifs is 2. The molecule has 0 saturated carbocycles. The number of halogens is 2. The van der Waals surface area contributed by atoms with E-state index in [1.54, 1.807) is 70.3 Å². The number of nitrogens with zero attached hydrogens (tertiary/aromatic N) is 4. The minimum atomic E-state index is -0.529. The van der Waals surface area contributed by atoms with E-state index >= 15 is 0 Å². The Morgan fingerprint density at radius 1 is 0.558 bits per heavy atom. The molecule has 1 aliphatic rings. The molecule has 0 atom stereocenters. The molecule has 1 fully saturated rings. The third-order valence-electron chi connectivity index (χ3n) is 13.0. The number of pyridine rings is 4. The van der Waals surface area contributed by atoms with Crippen molar-refractivity contribution in [3.8, 4) is 45.6 Å². The average molecular weight is 1180 g/mol. The fourth-order valence-electron chi connectivity index (χ4n) is 8.07. The van der Waals surface area contributed by atoms with E-state index in [1.165, 1.54) is 42.7 Å². The summed E-state index contributed by atoms with van der Waals surface area (Å²) in [6.45, 7) is 13.5. The van der Waals surface area contributed by atoms with Crippen molar-refractivity contribution in [3.05, 3.63) is 132 Å². The maximum Gasteiger partial charge on any atom is 0.495 e. The molecule has 0 aliphatic carbocycles. The Bertz CT molecular complexity index is 3240. The minimum absolute atomic E-state index is 0.0414. The van der Waals surface area contributed by atoms with Gasteiger partial charge in [0, 0.05) is 70.2 Å². The van der Waals surface area contributed by atoms with Crippen LogP contribution in [0.5, 0.6) is 34.5 Å². The van der Waals surface area contributed by atoms with Crippen LogP contribution in [0.4, 0.5) is 0 Å². The van der Waals surface area contributed by atoms with Crippen LogP contribution in [0, 0.1) is 0 Å². The molecule has 1 saturated heterocycles. The summed E-state index contributed by atoms with van der Waals surface area (Å²) in [4.78, 5) is 66.3. The van der Waals surface area contributed by atoms with Gasteiger partial charge in [-0.1, -0.05) is 42.6 Å². The Balaban J connectivity index is 0.000000196. The summed E-state index contributed by atoms with van der Waals surface area (Å²) in [5, 5.41) is 2.95. The lowest BCUT2D eigenvalue weighted by Gasteiger charge is -2.32. The molecule has 8 rings (SSSR count). The minimum Gasteiger partial charge on any atom is -0.496 e. The lowest BCUT2D eigenvalue weighted by Crippen LogP contribution is -2.41. The first-order valence-corrected chi connectivity index (χ1v) is 26.2. The molecule has 0 N–H and O–H groups in total. The Labute approximate surface area is 465 Å². The summed E-state index contributed by atoms with van der Waals surface area (Å²) in [7, 11) is 8.53. The maximum atomic E-state index is 12.8. The molecule has 1 aliphatic heterocycles. The maximum absolute atomic E-state index is 12.8. The topological polar surface area (TPSA) is 195 Å². The molecule has 0 bridgehead atoms. The number of hydrogen-bond acceptors (Lipinski definition) is 15. The summed E-state index contributed by atoms with van der Waals surface area (Å²) in [6.07, 6.45) is 16.4. The molecule has 0 spiro atoms. The molecule has 408 valence electrons. The first-order valence-electron chi connectivity index (χ1n) is 24.6. The predicted octanol–water partition coefficient (Wildman–Crippen LogP) is 10.7. The largest absolute Gasteiger partial charge is 0.496 e. The van der Waals surface area contributed by atoms with E-state index in [1.807, 2.05) is 52.2 Å². The van der Waals surface area contributed by atoms with E-state index in [2.05, 4.69) is 55.7 Å². The van der Waals surface area contributed by atoms with E-state index in [0.717, 1.165) is 68.5 Å². The highest BCUT2D eigenvalue weighted by atomic mass is 79.9. The van der Waals surface area contributed by atoms with Crippen LogP contribution in [0.15, 0.2) is 104 Å². The lowest BCUT2D eigenvalue weighted by molar-refractivity contribution is 0.00578. The third kappa shape index (κ3) is 14.2. The van der Waals surface area contributed by atoms with Crippen LogP contribution in [0.1, 0.15) is 98.3 Å². The summed E-state index contributed by atoms with van der Waals surface area (Å²) >= 11 is 6.77. The lowest BCUT2D eigenvalue weighted by atomic mass is 9.78. The molecule has 0 amide bonds. The normalized spacial score (nSPS) is 12.9. The summed E-state index contributed by atoms with van der Waals surface area (Å²) in [5.74, 6) is 2.73. The Morgan fingerprint density at radius 3 is 1.34 bits per heavy atom. The smallest absolute Gasteiger partial charge is 0.495 e. The number of hydrogen-bond donors (Lipinski definition) is 0. The highest BCUT2D eigenvalue weighted by molar-refractivity contribution is 9.11. The number of aromatic nitrogens is 4. The van der Waals surface area contributed by atoms with Crippen molar-refractivity contribution >= 4 is 84.8 Å². The Hall–Kier alpha value is -6.87. The van der Waals surface area contributed by atoms with Crippen LogP contribution in [0.2, 0.25) is 0 Å². The van der Waals surface area contributed by atoms with Gasteiger partial charge in [0.1, 0.15) is 34.5 Å². The molecule has 7 aromatic rings. The monoisotopic (exact) mass is 1180 g/mol. The predicted molar refractivity (Wildman–Crippen MR) is 307 cm³/mol. The van der Waals surface area contributed by atoms with E-state index in [0.29, 0.717) is 87.4 Å². The fourth-order valence-corrected chi connectivity index (χ4v) is 9.08. The van der Waals surface area contributed by atoms with Crippen LogP contribution in [-0.2, 0) is 22.4 Å². The SMILES string of the molecule is CCCCn1cc(-c2cc(OC)c(C=O)c(OC)c2)c2ccncc2c1=O.CCCCn1cc(Br)c2ccncc2c1=O.COc1cc(B2OC(C)(C)C(C)(C)O2)cc(OC)c1C=O.COc1cc(Br)cc(OC)c1C=O. The molecule has 0 radical (unpaired) electrons. The van der Waals surface area contributed by atoms with Crippen molar-refractivity contribution < 1.29 is 52.1 Å². The molecule has 0 unspecified atom stereocenters. The summed E-state index contributed by atoms with van der Waals surface area (Å²) in [5.41, 5.74) is 2.70. The Morgan fingerprint density at radius 2 is 0.935 bits per heavy atom. The number of unbranched alkanes of at least 4 members (excludes halogenated alkanes) is 2. The highest BCUT2D eigenvalue weighted by Crippen LogP contribution is 2.39. The van der Waals surface area contributed by atoms with Crippen molar-refractivity contribution in [3.63, 3.8) is 0 Å². The number of methoxy groups -OCH3 is 6. The van der Waals surface area contributed by atoms with Crippen molar-refractivity contribution in [2.75, 3.05) is 42.7 Å². The molecule has 77 heavy (non-hydrogen) atoms. The molecule has 4 aromatic heterocycles. The Kier molecular flexibility index (Phi) is 22.1. The van der Waals surface area contributed by atoms with Gasteiger partial charge in [-0.2, -0.15) is 0 Å². The standard InChI is InChI=1S/C21H22N2O4.C15H21BO5.C12H13BrN2O.C9H9BrO3/c1-4-5-8-23-12-17(15-6-7-22-11-16(15)21(23)25)14-9-19(26-2)18(13-24)20(10-14)27-3;1-14(2)15(3,4)21-16(20-14)10-7-12(18-5)11(9-17)13(8-10)19-6;1-2-3-6-15-8-11(13)9-4-5-14-7-10(9)12(15)16;1-12-8-3-6(10)4-9(13-2)7(8)5-11/h6-7,9-13H,4-5,8H2,1-3H3;7-9H,1-6H3;4-5,7-8H,2-3,6H2,1H3;3-5H,1-2H3. The van der Waals surface area contributed by atoms with Gasteiger partial charge in [0.15, 0.2) is 18.9 Å². The van der Waals surface area contributed by atoms with Crippen LogP contribution in [0.3, 0.4) is 0 Å². The second-order valence-corrected chi connectivity index (χ2v) is 20.1. The van der Waals surface area contributed by atoms with E-state index in [9.17, 15) is 24.0 Å². The quantitative estimate of drug-likeness (QED) is 0.0617. The zero-order valence-corrected chi connectivity index (χ0v) is 48.7. The van der Waals surface area contributed by atoms with Crippen molar-refractivity contribution in [2.24, 2.45) is 0 Å². The van der Waals surface area contributed by atoms with E-state index in [-0.39, 0.29) is 11.1 Å². The summed E-state index contributed by atoms with van der Waals surface area (Å²) in [6, 6.07) is 14.2. The van der Waals surface area contributed by atoms with Crippen LogP contribution < -0.4 is 45.0 Å². The zero-order valence-electron chi connectivity index (χ0n) is 45.5. The number of ether oxygens (including phenoxy) is 6. The van der Waals surface area contributed by atoms with Crippen molar-refractivity contribution in [1.82, 2.24) is 19.1 Å². The highest BCUT2D eigenvalue weighted by Gasteiger charge is 2.52. The molecule has 17 nitrogen and oxygen atoms in total. The van der Waals surface area contributed by atoms with Gasteiger partial charge >= 0.3 is 7.12 Å². The van der Waals surface area contributed by atoms with Crippen LogP contribution >= 0.6 is 31.9 Å². The van der Waals surface area contributed by atoms with Crippen molar-refractivity contribution in [2.45, 2.75) is 91.5 Å². The first kappa shape index (κ1) is 61.0. The van der Waals surface area contributed by atoms with E-state index in [4.69, 9.17) is 37.7 Å². The second-order valence-electron chi connectivity index (χ2n) is 18.4. The first-order chi connectivity index (χ1) is 36.9. The number of aldehydes is 3. The van der Waals surface area contributed by atoms with Gasteiger partial charge in [-0.25, -0.2) is 0 Å². The van der Waals surface area contributed by atoms with Gasteiger partial charge < -0.3 is 46.9 Å². The van der Waals surface area contributed by atoms with Crippen LogP contribution in [-0.4, -0.2) is 98.9 Å². The number of aryl methyl sites for hydroxylation is 2. The molecule has 3 aromatic carbocycles. The van der Waals surface area contributed by atoms with Gasteiger partial charge in [0.05, 0.1) is 81.3 Å². The van der Waals surface area contributed by atoms with Gasteiger partial charge in [0.2, 0.25) is 0 Å². The molecule has 5 heterocycles. The number of carbonyl (C=O) groups excluding carboxylic acids is 3. The van der Waals surface area contributed by atoms with Gasteiger partial charge in [-0.3, -0.25) is 33.9 Å². The number of carbonyl (C=O) groups is 3. The molecule has 20 heteroatoms. The van der Waals surface area contributed by atoms with E-state index < -0.39 is 18.3 Å². The third-order valence-corrected chi connectivity index (χ3v) is 14.1. The number of benzene rings is 3. The number of rotatable bonds is 17. The molecular formula is C57H65BBr2N4O13. The van der Waals surface area contributed by atoms with Crippen molar-refractivity contribution in [1.29, 1.82) is 0 Å². The zero-order chi connectivity index (χ0) is 56.6. The molecular weight excluding hydrogens is 1120 g/mol. The second kappa shape index (κ2) is 28.0. The fraction of sp³-hybridized carbons (Fsp3) is 0.351. The summed E-state index contributed by atoms with van der Waals surface area (Å²) < 4.78 is 48.5.